The van der Waals surface area contributed by atoms with Crippen molar-refractivity contribution in [1.29, 1.82) is 0 Å². The van der Waals surface area contributed by atoms with Crippen LogP contribution in [0, 0.1) is 0 Å². The number of H-pyrrole nitrogens is 1. The second-order valence-corrected chi connectivity index (χ2v) is 3.82. The van der Waals surface area contributed by atoms with E-state index in [1.807, 2.05) is 0 Å². The summed E-state index contributed by atoms with van der Waals surface area (Å²) >= 11 is 0. The van der Waals surface area contributed by atoms with Gasteiger partial charge in [0.15, 0.2) is 0 Å². The molecule has 2 aromatic rings. The molecule has 0 aliphatic rings. The zero-order valence-electron chi connectivity index (χ0n) is 9.91. The Morgan fingerprint density at radius 1 is 1.16 bits per heavy atom. The zero-order chi connectivity index (χ0) is 14.0. The molecule has 1 aromatic carbocycles. The Labute approximate surface area is 107 Å². The minimum absolute atomic E-state index is 0.00912. The largest absolute Gasteiger partial charge is 0.464 e. The molecule has 0 spiro atoms. The molecule has 0 atom stereocenters. The van der Waals surface area contributed by atoms with Crippen molar-refractivity contribution >= 4 is 5.97 Å². The van der Waals surface area contributed by atoms with E-state index in [-0.39, 0.29) is 17.0 Å². The topological polar surface area (TPSA) is 42.1 Å². The molecule has 1 aromatic heterocycles. The van der Waals surface area contributed by atoms with E-state index in [2.05, 4.69) is 9.72 Å². The van der Waals surface area contributed by atoms with E-state index in [4.69, 9.17) is 0 Å². The van der Waals surface area contributed by atoms with Crippen LogP contribution in [0.15, 0.2) is 36.4 Å². The fraction of sp³-hybridized carbons (Fsp3) is 0.154. The Morgan fingerprint density at radius 3 is 2.47 bits per heavy atom. The maximum Gasteiger partial charge on any atom is 0.417 e. The molecule has 6 heteroatoms. The van der Waals surface area contributed by atoms with Gasteiger partial charge in [0.1, 0.15) is 5.69 Å². The second-order valence-electron chi connectivity index (χ2n) is 3.82. The van der Waals surface area contributed by atoms with Gasteiger partial charge in [-0.3, -0.25) is 0 Å². The van der Waals surface area contributed by atoms with Crippen molar-refractivity contribution in [3.63, 3.8) is 0 Å². The molecule has 1 N–H and O–H groups in total. The van der Waals surface area contributed by atoms with Gasteiger partial charge in [-0.25, -0.2) is 4.79 Å². The second kappa shape index (κ2) is 4.79. The van der Waals surface area contributed by atoms with E-state index in [1.54, 1.807) is 0 Å². The number of ether oxygens (including phenoxy) is 1. The van der Waals surface area contributed by atoms with E-state index in [1.165, 1.54) is 37.4 Å². The van der Waals surface area contributed by atoms with Gasteiger partial charge in [-0.2, -0.15) is 13.2 Å². The quantitative estimate of drug-likeness (QED) is 0.848. The highest BCUT2D eigenvalue weighted by molar-refractivity contribution is 5.88. The van der Waals surface area contributed by atoms with Gasteiger partial charge in [0, 0.05) is 11.3 Å². The monoisotopic (exact) mass is 269 g/mol. The van der Waals surface area contributed by atoms with Gasteiger partial charge in [0.2, 0.25) is 0 Å². The van der Waals surface area contributed by atoms with Crippen LogP contribution in [0.4, 0.5) is 13.2 Å². The number of esters is 1. The average molecular weight is 269 g/mol. The molecule has 1 heterocycles. The Morgan fingerprint density at radius 2 is 1.84 bits per heavy atom. The SMILES string of the molecule is COC(=O)c1ccc(-c2ccccc2C(F)(F)F)[nH]1. The molecule has 0 fully saturated rings. The Balaban J connectivity index is 2.48. The van der Waals surface area contributed by atoms with E-state index < -0.39 is 17.7 Å². The van der Waals surface area contributed by atoms with Gasteiger partial charge in [0.05, 0.1) is 12.7 Å². The Kier molecular flexibility index (Phi) is 3.33. The number of hydrogen-bond donors (Lipinski definition) is 1. The lowest BCUT2D eigenvalue weighted by Crippen LogP contribution is -2.07. The molecule has 3 nitrogen and oxygen atoms in total. The van der Waals surface area contributed by atoms with Crippen LogP contribution in [0.1, 0.15) is 16.1 Å². The van der Waals surface area contributed by atoms with Crippen molar-refractivity contribution in [3.05, 3.63) is 47.7 Å². The number of rotatable bonds is 2. The normalized spacial score (nSPS) is 11.4. The molecular weight excluding hydrogens is 259 g/mol. The summed E-state index contributed by atoms with van der Waals surface area (Å²) in [5.74, 6) is -0.629. The van der Waals surface area contributed by atoms with Gasteiger partial charge < -0.3 is 9.72 Å². The van der Waals surface area contributed by atoms with E-state index >= 15 is 0 Å². The minimum Gasteiger partial charge on any atom is -0.464 e. The number of hydrogen-bond acceptors (Lipinski definition) is 2. The number of halogens is 3. The zero-order valence-corrected chi connectivity index (χ0v) is 9.91. The molecule has 2 rings (SSSR count). The number of aromatic amines is 1. The van der Waals surface area contributed by atoms with Crippen molar-refractivity contribution in [2.24, 2.45) is 0 Å². The first-order valence-electron chi connectivity index (χ1n) is 5.37. The minimum atomic E-state index is -4.45. The molecule has 0 aliphatic carbocycles. The highest BCUT2D eigenvalue weighted by Crippen LogP contribution is 2.36. The summed E-state index contributed by atoms with van der Waals surface area (Å²) in [6.07, 6.45) is -4.45. The summed E-state index contributed by atoms with van der Waals surface area (Å²) in [5, 5.41) is 0. The summed E-state index contributed by atoms with van der Waals surface area (Å²) in [7, 11) is 1.20. The van der Waals surface area contributed by atoms with Crippen molar-refractivity contribution in [2.45, 2.75) is 6.18 Å². The predicted molar refractivity (Wildman–Crippen MR) is 62.6 cm³/mol. The van der Waals surface area contributed by atoms with Gasteiger partial charge in [-0.15, -0.1) is 0 Å². The lowest BCUT2D eigenvalue weighted by molar-refractivity contribution is -0.137. The standard InChI is InChI=1S/C13H10F3NO2/c1-19-12(18)11-7-6-10(17-11)8-4-2-3-5-9(8)13(14,15)16/h2-7,17H,1H3. The number of benzene rings is 1. The molecule has 19 heavy (non-hydrogen) atoms. The number of aromatic nitrogens is 1. The summed E-state index contributed by atoms with van der Waals surface area (Å²) in [6.45, 7) is 0. The van der Waals surface area contributed by atoms with Crippen LogP contribution >= 0.6 is 0 Å². The molecule has 0 aliphatic heterocycles. The predicted octanol–water partition coefficient (Wildman–Crippen LogP) is 3.49. The van der Waals surface area contributed by atoms with Crippen molar-refractivity contribution in [2.75, 3.05) is 7.11 Å². The smallest absolute Gasteiger partial charge is 0.417 e. The van der Waals surface area contributed by atoms with Gasteiger partial charge in [-0.05, 0) is 18.2 Å². The highest BCUT2D eigenvalue weighted by atomic mass is 19.4. The molecule has 100 valence electrons. The Hall–Kier alpha value is -2.24. The molecule has 0 saturated heterocycles. The van der Waals surface area contributed by atoms with Gasteiger partial charge in [0.25, 0.3) is 0 Å². The van der Waals surface area contributed by atoms with E-state index in [9.17, 15) is 18.0 Å². The maximum absolute atomic E-state index is 12.9. The highest BCUT2D eigenvalue weighted by Gasteiger charge is 2.33. The summed E-state index contributed by atoms with van der Waals surface area (Å²) < 4.78 is 43.1. The number of alkyl halides is 3. The fourth-order valence-electron chi connectivity index (χ4n) is 1.75. The summed E-state index contributed by atoms with van der Waals surface area (Å²) in [6, 6.07) is 7.95. The van der Waals surface area contributed by atoms with E-state index in [0.717, 1.165) is 6.07 Å². The molecule has 0 unspecified atom stereocenters. The first-order valence-corrected chi connectivity index (χ1v) is 5.37. The molecule has 0 amide bonds. The van der Waals surface area contributed by atoms with Crippen LogP contribution in [-0.4, -0.2) is 18.1 Å². The van der Waals surface area contributed by atoms with Crippen molar-refractivity contribution < 1.29 is 22.7 Å². The molecule has 0 saturated carbocycles. The van der Waals surface area contributed by atoms with Crippen LogP contribution in [-0.2, 0) is 10.9 Å². The van der Waals surface area contributed by atoms with E-state index in [0.29, 0.717) is 0 Å². The van der Waals surface area contributed by atoms with Crippen LogP contribution in [0.25, 0.3) is 11.3 Å². The lowest BCUT2D eigenvalue weighted by Gasteiger charge is -2.11. The summed E-state index contributed by atoms with van der Waals surface area (Å²) in [5.41, 5.74) is -0.443. The van der Waals surface area contributed by atoms with Gasteiger partial charge >= 0.3 is 12.1 Å². The number of nitrogens with one attached hydrogen (secondary N) is 1. The maximum atomic E-state index is 12.9. The lowest BCUT2D eigenvalue weighted by atomic mass is 10.0. The Bertz CT molecular complexity index is 602. The van der Waals surface area contributed by atoms with Crippen LogP contribution in [0.2, 0.25) is 0 Å². The third kappa shape index (κ3) is 2.62. The van der Waals surface area contributed by atoms with Crippen LogP contribution < -0.4 is 0 Å². The summed E-state index contributed by atoms with van der Waals surface area (Å²) in [4.78, 5) is 13.9. The number of carbonyl (C=O) groups excluding carboxylic acids is 1. The molecule has 0 radical (unpaired) electrons. The van der Waals surface area contributed by atoms with Crippen molar-refractivity contribution in [3.8, 4) is 11.3 Å². The number of carbonyl (C=O) groups is 1. The van der Waals surface area contributed by atoms with Crippen LogP contribution in [0.5, 0.6) is 0 Å². The molecular formula is C13H10F3NO2. The third-order valence-corrected chi connectivity index (χ3v) is 2.61. The van der Waals surface area contributed by atoms with Crippen molar-refractivity contribution in [1.82, 2.24) is 4.98 Å². The van der Waals surface area contributed by atoms with Gasteiger partial charge in [-0.1, -0.05) is 18.2 Å². The average Bonchev–Trinajstić information content (AvgIpc) is 2.86. The van der Waals surface area contributed by atoms with Crippen LogP contribution in [0.3, 0.4) is 0 Å². The fourth-order valence-corrected chi connectivity index (χ4v) is 1.75. The first-order chi connectivity index (χ1) is 8.93. The number of methoxy groups -OCH3 is 1. The molecule has 0 bridgehead atoms. The third-order valence-electron chi connectivity index (χ3n) is 2.61. The first kappa shape index (κ1) is 13.2.